The summed E-state index contributed by atoms with van der Waals surface area (Å²) in [5.74, 6) is -0.525. The van der Waals surface area contributed by atoms with Crippen molar-refractivity contribution in [3.63, 3.8) is 0 Å². The summed E-state index contributed by atoms with van der Waals surface area (Å²) >= 11 is 0. The third kappa shape index (κ3) is 5.31. The van der Waals surface area contributed by atoms with E-state index in [4.69, 9.17) is 14.6 Å². The number of carboxylic acid groups (broad SMARTS) is 1. The maximum atomic E-state index is 13.0. The van der Waals surface area contributed by atoms with Crippen LogP contribution in [0, 0.1) is 0 Å². The second-order valence-electron chi connectivity index (χ2n) is 6.43. The van der Waals surface area contributed by atoms with Gasteiger partial charge in [-0.15, -0.1) is 0 Å². The molecule has 0 radical (unpaired) electrons. The Hall–Kier alpha value is -2.86. The van der Waals surface area contributed by atoms with Gasteiger partial charge in [-0.25, -0.2) is 4.79 Å². The number of nitrogens with zero attached hydrogens (tertiary/aromatic N) is 1. The topological polar surface area (TPSA) is 76.1 Å². The monoisotopic (exact) mass is 369 g/mol. The van der Waals surface area contributed by atoms with Crippen molar-refractivity contribution in [3.8, 4) is 5.75 Å². The van der Waals surface area contributed by atoms with Crippen molar-refractivity contribution in [1.82, 2.24) is 4.90 Å². The summed E-state index contributed by atoms with van der Waals surface area (Å²) in [4.78, 5) is 25.8. The SMILES string of the molecule is O=C(O)c1cccc(C(=O)N(CCOc2ccccc2)C[C@@H]2CCCO2)c1. The Morgan fingerprint density at radius 3 is 2.59 bits per heavy atom. The normalized spacial score (nSPS) is 16.1. The fourth-order valence-electron chi connectivity index (χ4n) is 3.07. The molecule has 142 valence electrons. The van der Waals surface area contributed by atoms with E-state index in [2.05, 4.69) is 0 Å². The van der Waals surface area contributed by atoms with E-state index in [1.54, 1.807) is 17.0 Å². The lowest BCUT2D eigenvalue weighted by atomic mass is 10.1. The molecule has 0 bridgehead atoms. The molecule has 0 aromatic heterocycles. The largest absolute Gasteiger partial charge is 0.492 e. The van der Waals surface area contributed by atoms with Crippen LogP contribution in [0.1, 0.15) is 33.6 Å². The molecule has 1 aliphatic heterocycles. The van der Waals surface area contributed by atoms with Crippen LogP contribution in [0.15, 0.2) is 54.6 Å². The van der Waals surface area contributed by atoms with E-state index in [-0.39, 0.29) is 17.6 Å². The molecule has 1 atom stereocenters. The molecule has 1 N–H and O–H groups in total. The number of hydrogen-bond acceptors (Lipinski definition) is 4. The van der Waals surface area contributed by atoms with Gasteiger partial charge in [0, 0.05) is 18.7 Å². The summed E-state index contributed by atoms with van der Waals surface area (Å²) in [5, 5.41) is 9.16. The number of aromatic carboxylic acids is 1. The molecule has 0 saturated carbocycles. The molecule has 27 heavy (non-hydrogen) atoms. The summed E-state index contributed by atoms with van der Waals surface area (Å²) in [7, 11) is 0. The lowest BCUT2D eigenvalue weighted by molar-refractivity contribution is 0.0493. The van der Waals surface area contributed by atoms with Crippen LogP contribution in [0.3, 0.4) is 0 Å². The van der Waals surface area contributed by atoms with Crippen LogP contribution < -0.4 is 4.74 Å². The van der Waals surface area contributed by atoms with Crippen LogP contribution in [-0.2, 0) is 4.74 Å². The van der Waals surface area contributed by atoms with Crippen LogP contribution >= 0.6 is 0 Å². The molecule has 1 amide bonds. The van der Waals surface area contributed by atoms with Crippen molar-refractivity contribution in [2.24, 2.45) is 0 Å². The number of amides is 1. The van der Waals surface area contributed by atoms with Crippen LogP contribution in [0.5, 0.6) is 5.75 Å². The first-order valence-corrected chi connectivity index (χ1v) is 9.05. The Bertz CT molecular complexity index is 771. The molecule has 0 unspecified atom stereocenters. The van der Waals surface area contributed by atoms with E-state index in [9.17, 15) is 9.59 Å². The first kappa shape index (κ1) is 18.9. The van der Waals surface area contributed by atoms with E-state index in [1.807, 2.05) is 30.3 Å². The lowest BCUT2D eigenvalue weighted by Gasteiger charge is -2.25. The molecule has 6 heteroatoms. The number of ether oxygens (including phenoxy) is 2. The predicted octanol–water partition coefficient (Wildman–Crippen LogP) is 3.09. The second kappa shape index (κ2) is 9.19. The summed E-state index contributed by atoms with van der Waals surface area (Å²) in [6, 6.07) is 15.5. The Morgan fingerprint density at radius 2 is 1.89 bits per heavy atom. The third-order valence-corrected chi connectivity index (χ3v) is 4.46. The van der Waals surface area contributed by atoms with Crippen LogP contribution in [-0.4, -0.2) is 54.3 Å². The molecule has 1 aliphatic rings. The number of benzene rings is 2. The minimum atomic E-state index is -1.05. The maximum absolute atomic E-state index is 13.0. The summed E-state index contributed by atoms with van der Waals surface area (Å²) < 4.78 is 11.4. The third-order valence-electron chi connectivity index (χ3n) is 4.46. The molecule has 0 spiro atoms. The number of hydrogen-bond donors (Lipinski definition) is 1. The molecule has 6 nitrogen and oxygen atoms in total. The van der Waals surface area contributed by atoms with Crippen LogP contribution in [0.4, 0.5) is 0 Å². The standard InChI is InChI=1S/C21H23NO5/c23-20(16-6-4-7-17(14-16)21(24)25)22(15-19-10-5-12-26-19)11-13-27-18-8-2-1-3-9-18/h1-4,6-9,14,19H,5,10-13,15H2,(H,24,25)/t19-/m0/s1. The quantitative estimate of drug-likeness (QED) is 0.774. The highest BCUT2D eigenvalue weighted by Gasteiger charge is 2.24. The Balaban J connectivity index is 1.69. The van der Waals surface area contributed by atoms with Crippen molar-refractivity contribution in [1.29, 1.82) is 0 Å². The average molecular weight is 369 g/mol. The van der Waals surface area contributed by atoms with Gasteiger partial charge >= 0.3 is 5.97 Å². The van der Waals surface area contributed by atoms with Crippen LogP contribution in [0.2, 0.25) is 0 Å². The van der Waals surface area contributed by atoms with Crippen molar-refractivity contribution >= 4 is 11.9 Å². The Labute approximate surface area is 158 Å². The van der Waals surface area contributed by atoms with Gasteiger partial charge in [0.2, 0.25) is 0 Å². The van der Waals surface area contributed by atoms with E-state index >= 15 is 0 Å². The van der Waals surface area contributed by atoms with E-state index in [0.29, 0.717) is 31.9 Å². The highest BCUT2D eigenvalue weighted by molar-refractivity contribution is 5.97. The molecular weight excluding hydrogens is 346 g/mol. The zero-order chi connectivity index (χ0) is 19.1. The second-order valence-corrected chi connectivity index (χ2v) is 6.43. The van der Waals surface area contributed by atoms with Gasteiger partial charge in [0.15, 0.2) is 0 Å². The average Bonchev–Trinajstić information content (AvgIpc) is 3.21. The van der Waals surface area contributed by atoms with Gasteiger partial charge < -0.3 is 19.5 Å². The van der Waals surface area contributed by atoms with E-state index in [0.717, 1.165) is 18.6 Å². The first-order valence-electron chi connectivity index (χ1n) is 9.05. The Morgan fingerprint density at radius 1 is 1.11 bits per heavy atom. The molecule has 1 fully saturated rings. The molecule has 2 aromatic rings. The fourth-order valence-corrected chi connectivity index (χ4v) is 3.07. The smallest absolute Gasteiger partial charge is 0.335 e. The molecule has 3 rings (SSSR count). The van der Waals surface area contributed by atoms with Crippen molar-refractivity contribution in [3.05, 3.63) is 65.7 Å². The van der Waals surface area contributed by atoms with E-state index < -0.39 is 5.97 Å². The summed E-state index contributed by atoms with van der Waals surface area (Å²) in [6.07, 6.45) is 1.91. The first-order chi connectivity index (χ1) is 13.1. The van der Waals surface area contributed by atoms with E-state index in [1.165, 1.54) is 12.1 Å². The fraction of sp³-hybridized carbons (Fsp3) is 0.333. The molecule has 1 saturated heterocycles. The van der Waals surface area contributed by atoms with Gasteiger partial charge in [0.1, 0.15) is 12.4 Å². The molecule has 2 aromatic carbocycles. The summed E-state index contributed by atoms with van der Waals surface area (Å²) in [6.45, 7) is 1.92. The highest BCUT2D eigenvalue weighted by atomic mass is 16.5. The van der Waals surface area contributed by atoms with Gasteiger partial charge in [0.05, 0.1) is 18.2 Å². The number of rotatable bonds is 8. The maximum Gasteiger partial charge on any atom is 0.335 e. The minimum Gasteiger partial charge on any atom is -0.492 e. The Kier molecular flexibility index (Phi) is 6.44. The van der Waals surface area contributed by atoms with Gasteiger partial charge in [-0.05, 0) is 43.2 Å². The van der Waals surface area contributed by atoms with Crippen LogP contribution in [0.25, 0.3) is 0 Å². The van der Waals surface area contributed by atoms with Gasteiger partial charge in [-0.3, -0.25) is 4.79 Å². The summed E-state index contributed by atoms with van der Waals surface area (Å²) in [5.41, 5.74) is 0.450. The molecule has 1 heterocycles. The zero-order valence-corrected chi connectivity index (χ0v) is 15.0. The predicted molar refractivity (Wildman–Crippen MR) is 100 cm³/mol. The van der Waals surface area contributed by atoms with Gasteiger partial charge in [-0.1, -0.05) is 24.3 Å². The number of para-hydroxylation sites is 1. The molecule has 0 aliphatic carbocycles. The number of carbonyl (C=O) groups excluding carboxylic acids is 1. The number of carboxylic acids is 1. The minimum absolute atomic E-state index is 0.00771. The zero-order valence-electron chi connectivity index (χ0n) is 15.0. The van der Waals surface area contributed by atoms with Gasteiger partial charge in [0.25, 0.3) is 5.91 Å². The van der Waals surface area contributed by atoms with Crippen molar-refractivity contribution in [2.45, 2.75) is 18.9 Å². The van der Waals surface area contributed by atoms with Crippen molar-refractivity contribution < 1.29 is 24.2 Å². The lowest BCUT2D eigenvalue weighted by Crippen LogP contribution is -2.40. The molecular formula is C21H23NO5. The van der Waals surface area contributed by atoms with Gasteiger partial charge in [-0.2, -0.15) is 0 Å². The van der Waals surface area contributed by atoms with Crippen molar-refractivity contribution in [2.75, 3.05) is 26.3 Å². The highest BCUT2D eigenvalue weighted by Crippen LogP contribution is 2.16. The number of carbonyl (C=O) groups is 2.